The number of anilines is 1. The van der Waals surface area contributed by atoms with Crippen LogP contribution in [0.25, 0.3) is 0 Å². The third-order valence-electron chi connectivity index (χ3n) is 2.64. The van der Waals surface area contributed by atoms with Gasteiger partial charge in [0.25, 0.3) is 0 Å². The Hall–Kier alpha value is -1.67. The molecule has 8 heteroatoms. The van der Waals surface area contributed by atoms with Gasteiger partial charge in [-0.05, 0) is 33.3 Å². The molecule has 0 spiro atoms. The van der Waals surface area contributed by atoms with Crippen LogP contribution in [0.2, 0.25) is 0 Å². The molecule has 0 unspecified atom stereocenters. The minimum atomic E-state index is -0.220. The van der Waals surface area contributed by atoms with E-state index in [1.165, 1.54) is 11.3 Å². The average molecular weight is 337 g/mol. The zero-order valence-corrected chi connectivity index (χ0v) is 14.5. The summed E-state index contributed by atoms with van der Waals surface area (Å²) < 4.78 is 0. The van der Waals surface area contributed by atoms with Crippen LogP contribution >= 0.6 is 23.1 Å². The Bertz CT molecular complexity index is 624. The molecule has 0 aliphatic heterocycles. The van der Waals surface area contributed by atoms with Gasteiger partial charge in [0.15, 0.2) is 10.3 Å². The molecule has 0 fully saturated rings. The second-order valence-electron chi connectivity index (χ2n) is 4.81. The number of nitrogens with zero attached hydrogens (tertiary/aromatic N) is 3. The van der Waals surface area contributed by atoms with Crippen molar-refractivity contribution < 1.29 is 4.79 Å². The largest absolute Gasteiger partial charge is 0.338 e. The standard InChI is InChI=1S/C14H19N5OS2/c1-9-7-10(2)17-13(16-9)21-6-4-5-15-12(20)19-14-18-11(3)8-22-14/h7-8H,4-6H2,1-3H3,(H2,15,18,19,20). The van der Waals surface area contributed by atoms with Crippen LogP contribution in [-0.4, -0.2) is 33.3 Å². The second kappa shape index (κ2) is 8.09. The molecular weight excluding hydrogens is 318 g/mol. The fraction of sp³-hybridized carbons (Fsp3) is 0.429. The summed E-state index contributed by atoms with van der Waals surface area (Å²) in [4.78, 5) is 24.6. The first-order chi connectivity index (χ1) is 10.5. The van der Waals surface area contributed by atoms with Crippen LogP contribution in [0.5, 0.6) is 0 Å². The maximum Gasteiger partial charge on any atom is 0.321 e. The van der Waals surface area contributed by atoms with E-state index in [0.717, 1.165) is 34.4 Å². The fourth-order valence-electron chi connectivity index (χ4n) is 1.75. The number of amides is 2. The van der Waals surface area contributed by atoms with Crippen LogP contribution < -0.4 is 10.6 Å². The summed E-state index contributed by atoms with van der Waals surface area (Å²) in [7, 11) is 0. The van der Waals surface area contributed by atoms with Crippen LogP contribution in [0.15, 0.2) is 16.6 Å². The predicted molar refractivity (Wildman–Crippen MR) is 90.7 cm³/mol. The Kier molecular flexibility index (Phi) is 6.14. The second-order valence-corrected chi connectivity index (χ2v) is 6.73. The number of thiazole rings is 1. The van der Waals surface area contributed by atoms with Gasteiger partial charge in [-0.15, -0.1) is 11.3 Å². The lowest BCUT2D eigenvalue weighted by atomic mass is 10.4. The Morgan fingerprint density at radius 3 is 2.55 bits per heavy atom. The highest BCUT2D eigenvalue weighted by molar-refractivity contribution is 7.99. The number of aryl methyl sites for hydroxylation is 3. The van der Waals surface area contributed by atoms with E-state index in [4.69, 9.17) is 0 Å². The van der Waals surface area contributed by atoms with Crippen molar-refractivity contribution in [2.24, 2.45) is 0 Å². The number of thioether (sulfide) groups is 1. The Morgan fingerprint density at radius 2 is 1.91 bits per heavy atom. The molecule has 0 saturated heterocycles. The van der Waals surface area contributed by atoms with Crippen molar-refractivity contribution in [2.75, 3.05) is 17.6 Å². The third-order valence-corrected chi connectivity index (χ3v) is 4.45. The smallest absolute Gasteiger partial charge is 0.321 e. The van der Waals surface area contributed by atoms with Gasteiger partial charge < -0.3 is 5.32 Å². The number of hydrogen-bond donors (Lipinski definition) is 2. The van der Waals surface area contributed by atoms with Crippen LogP contribution in [-0.2, 0) is 0 Å². The highest BCUT2D eigenvalue weighted by Crippen LogP contribution is 2.15. The molecule has 6 nitrogen and oxygen atoms in total. The van der Waals surface area contributed by atoms with Gasteiger partial charge in [0.05, 0.1) is 5.69 Å². The van der Waals surface area contributed by atoms with Crippen molar-refractivity contribution >= 4 is 34.3 Å². The predicted octanol–water partition coefficient (Wildman–Crippen LogP) is 3.16. The van der Waals surface area contributed by atoms with Gasteiger partial charge in [-0.2, -0.15) is 0 Å². The molecule has 2 heterocycles. The number of urea groups is 1. The van der Waals surface area contributed by atoms with Gasteiger partial charge in [-0.3, -0.25) is 5.32 Å². The fourth-order valence-corrected chi connectivity index (χ4v) is 3.32. The molecule has 2 rings (SSSR count). The van der Waals surface area contributed by atoms with Crippen molar-refractivity contribution in [3.63, 3.8) is 0 Å². The molecule has 0 aromatic carbocycles. The lowest BCUT2D eigenvalue weighted by Crippen LogP contribution is -2.29. The van der Waals surface area contributed by atoms with Gasteiger partial charge in [0.1, 0.15) is 0 Å². The number of nitrogens with one attached hydrogen (secondary N) is 2. The van der Waals surface area contributed by atoms with Crippen molar-refractivity contribution in [3.05, 3.63) is 28.5 Å². The molecule has 2 aromatic heterocycles. The zero-order valence-electron chi connectivity index (χ0n) is 12.8. The van der Waals surface area contributed by atoms with Crippen LogP contribution in [0.1, 0.15) is 23.5 Å². The summed E-state index contributed by atoms with van der Waals surface area (Å²) in [5, 5.41) is 8.83. The normalized spacial score (nSPS) is 10.5. The van der Waals surface area contributed by atoms with Gasteiger partial charge in [0, 0.05) is 29.1 Å². The number of carbonyl (C=O) groups excluding carboxylic acids is 1. The van der Waals surface area contributed by atoms with Crippen molar-refractivity contribution in [1.82, 2.24) is 20.3 Å². The molecule has 0 aliphatic rings. The van der Waals surface area contributed by atoms with E-state index >= 15 is 0 Å². The molecule has 22 heavy (non-hydrogen) atoms. The average Bonchev–Trinajstić information content (AvgIpc) is 2.82. The van der Waals surface area contributed by atoms with Gasteiger partial charge in [-0.1, -0.05) is 11.8 Å². The molecule has 0 aliphatic carbocycles. The van der Waals surface area contributed by atoms with Crippen LogP contribution in [0, 0.1) is 20.8 Å². The van der Waals surface area contributed by atoms with E-state index in [0.29, 0.717) is 11.7 Å². The van der Waals surface area contributed by atoms with Crippen LogP contribution in [0.3, 0.4) is 0 Å². The van der Waals surface area contributed by atoms with E-state index < -0.39 is 0 Å². The van der Waals surface area contributed by atoms with Crippen molar-refractivity contribution in [1.29, 1.82) is 0 Å². The first-order valence-electron chi connectivity index (χ1n) is 6.95. The molecular formula is C14H19N5OS2. The summed E-state index contributed by atoms with van der Waals surface area (Å²) in [6, 6.07) is 1.73. The Morgan fingerprint density at radius 1 is 1.18 bits per heavy atom. The van der Waals surface area contributed by atoms with Crippen molar-refractivity contribution in [3.8, 4) is 0 Å². The number of aromatic nitrogens is 3. The van der Waals surface area contributed by atoms with E-state index in [9.17, 15) is 4.79 Å². The topological polar surface area (TPSA) is 79.8 Å². The minimum Gasteiger partial charge on any atom is -0.338 e. The Labute approximate surface area is 138 Å². The first-order valence-corrected chi connectivity index (χ1v) is 8.81. The first kappa shape index (κ1) is 16.7. The highest BCUT2D eigenvalue weighted by atomic mass is 32.2. The summed E-state index contributed by atoms with van der Waals surface area (Å²) in [5.74, 6) is 0.861. The minimum absolute atomic E-state index is 0.220. The summed E-state index contributed by atoms with van der Waals surface area (Å²) in [5.41, 5.74) is 2.86. The molecule has 0 radical (unpaired) electrons. The number of carbonyl (C=O) groups is 1. The molecule has 0 bridgehead atoms. The Balaban J connectivity index is 1.63. The van der Waals surface area contributed by atoms with E-state index in [2.05, 4.69) is 25.6 Å². The van der Waals surface area contributed by atoms with Crippen molar-refractivity contribution in [2.45, 2.75) is 32.3 Å². The SMILES string of the molecule is Cc1cc(C)nc(SCCCNC(=O)Nc2nc(C)cs2)n1. The van der Waals surface area contributed by atoms with Crippen LogP contribution in [0.4, 0.5) is 9.93 Å². The maximum atomic E-state index is 11.7. The monoisotopic (exact) mass is 337 g/mol. The molecule has 118 valence electrons. The zero-order chi connectivity index (χ0) is 15.9. The quantitative estimate of drug-likeness (QED) is 0.481. The number of hydrogen-bond acceptors (Lipinski definition) is 6. The van der Waals surface area contributed by atoms with Gasteiger partial charge in [0.2, 0.25) is 0 Å². The maximum absolute atomic E-state index is 11.7. The third kappa shape index (κ3) is 5.61. The number of rotatable bonds is 6. The van der Waals surface area contributed by atoms with E-state index in [1.54, 1.807) is 11.8 Å². The molecule has 0 atom stereocenters. The summed E-state index contributed by atoms with van der Waals surface area (Å²) in [6.07, 6.45) is 0.853. The van der Waals surface area contributed by atoms with E-state index in [1.807, 2.05) is 32.2 Å². The lowest BCUT2D eigenvalue weighted by molar-refractivity contribution is 0.252. The van der Waals surface area contributed by atoms with Gasteiger partial charge in [-0.25, -0.2) is 19.7 Å². The molecule has 2 aromatic rings. The molecule has 0 saturated carbocycles. The molecule has 2 amide bonds. The van der Waals surface area contributed by atoms with E-state index in [-0.39, 0.29) is 6.03 Å². The lowest BCUT2D eigenvalue weighted by Gasteiger charge is -2.05. The van der Waals surface area contributed by atoms with Gasteiger partial charge >= 0.3 is 6.03 Å². The summed E-state index contributed by atoms with van der Waals surface area (Å²) >= 11 is 3.02. The molecule has 2 N–H and O–H groups in total. The highest BCUT2D eigenvalue weighted by Gasteiger charge is 2.04. The summed E-state index contributed by atoms with van der Waals surface area (Å²) in [6.45, 7) is 6.43.